The minimum absolute atomic E-state index is 0. The number of sulfonamides is 1. The number of benzene rings is 3. The summed E-state index contributed by atoms with van der Waals surface area (Å²) in [6, 6.07) is 21.2. The van der Waals surface area contributed by atoms with Gasteiger partial charge in [-0.3, -0.25) is 9.71 Å². The van der Waals surface area contributed by atoms with Crippen LogP contribution in [0.5, 0.6) is 0 Å². The number of aromatic nitrogens is 1. The van der Waals surface area contributed by atoms with Crippen LogP contribution < -0.4 is 48.8 Å². The summed E-state index contributed by atoms with van der Waals surface area (Å²) < 4.78 is 29.6. The molecule has 0 unspecified atom stereocenters. The zero-order valence-corrected chi connectivity index (χ0v) is 22.3. The van der Waals surface area contributed by atoms with Crippen LogP contribution in [0.1, 0.15) is 12.8 Å². The zero-order valence-electron chi connectivity index (χ0n) is 19.9. The maximum Gasteiger partial charge on any atom is 0.232 e. The van der Waals surface area contributed by atoms with E-state index in [9.17, 15) is 8.42 Å². The molecule has 0 spiro atoms. The summed E-state index contributed by atoms with van der Waals surface area (Å²) in [5, 5.41) is 5.62. The van der Waals surface area contributed by atoms with Gasteiger partial charge in [-0.1, -0.05) is 12.1 Å². The highest BCUT2D eigenvalue weighted by molar-refractivity contribution is 7.92. The molecule has 4 aromatic rings. The summed E-state index contributed by atoms with van der Waals surface area (Å²) >= 11 is 0. The number of para-hydroxylation sites is 1. The van der Waals surface area contributed by atoms with E-state index in [0.717, 1.165) is 33.2 Å². The van der Waals surface area contributed by atoms with Crippen molar-refractivity contribution in [2.45, 2.75) is 12.8 Å². The molecule has 0 amide bonds. The molecular formula is C25H30BrN7O2S. The summed E-state index contributed by atoms with van der Waals surface area (Å²) in [7, 11) is -1.45. The molecule has 36 heavy (non-hydrogen) atoms. The Kier molecular flexibility index (Phi) is 8.59. The van der Waals surface area contributed by atoms with Crippen molar-refractivity contribution < 1.29 is 30.0 Å². The van der Waals surface area contributed by atoms with Gasteiger partial charge in [-0.2, -0.15) is 4.57 Å². The second-order valence-corrected chi connectivity index (χ2v) is 10.2. The molecule has 0 bridgehead atoms. The highest BCUT2D eigenvalue weighted by atomic mass is 79.9. The predicted octanol–water partition coefficient (Wildman–Crippen LogP) is -0.0574. The van der Waals surface area contributed by atoms with Gasteiger partial charge in [-0.05, 0) is 55.3 Å². The lowest BCUT2D eigenvalue weighted by atomic mass is 10.1. The third-order valence-corrected chi connectivity index (χ3v) is 7.10. The molecule has 1 aromatic heterocycles. The van der Waals surface area contributed by atoms with E-state index in [1.54, 1.807) is 12.1 Å². The van der Waals surface area contributed by atoms with Crippen molar-refractivity contribution in [3.8, 4) is 0 Å². The molecule has 0 fully saturated rings. The van der Waals surface area contributed by atoms with Crippen molar-refractivity contribution in [2.24, 2.45) is 23.5 Å². The lowest BCUT2D eigenvalue weighted by Crippen LogP contribution is -3.00. The smallest absolute Gasteiger partial charge is 0.232 e. The first-order valence-electron chi connectivity index (χ1n) is 11.3. The number of nitrogens with one attached hydrogen (secondary N) is 2. The number of rotatable bonds is 9. The lowest BCUT2D eigenvalue weighted by Gasteiger charge is -2.14. The Bertz CT molecular complexity index is 1500. The Labute approximate surface area is 221 Å². The summed E-state index contributed by atoms with van der Waals surface area (Å²) in [6.07, 6.45) is 1.05. The minimum atomic E-state index is -3.47. The Morgan fingerprint density at radius 2 is 1.58 bits per heavy atom. The number of aliphatic imine (C=N–C) groups is 1. The van der Waals surface area contributed by atoms with Gasteiger partial charge in [-0.25, -0.2) is 8.42 Å². The van der Waals surface area contributed by atoms with Gasteiger partial charge in [0, 0.05) is 35.7 Å². The monoisotopic (exact) mass is 571 g/mol. The molecule has 9 nitrogen and oxygen atoms in total. The standard InChI is InChI=1S/C25H29N7O2S.BrH/c1-32-22-7-3-2-6-20(22)24(21-13-8-17(26)16-23(21)32)30-18-9-11-19(12-10-18)31-35(33,34)15-5-4-14-29-25(27)28;/h2-3,6-13,16,31H,4-5,14-15H2,1H3,(H6,26,27,28,29,30);1H. The van der Waals surface area contributed by atoms with Gasteiger partial charge in [0.1, 0.15) is 7.05 Å². The Balaban J connectivity index is 0.00000361. The third kappa shape index (κ3) is 6.35. The van der Waals surface area contributed by atoms with Gasteiger partial charge < -0.3 is 39.5 Å². The second kappa shape index (κ2) is 11.4. The molecular weight excluding hydrogens is 542 g/mol. The van der Waals surface area contributed by atoms with Crippen molar-refractivity contribution in [2.75, 3.05) is 28.1 Å². The van der Waals surface area contributed by atoms with Crippen LogP contribution in [0.15, 0.2) is 71.7 Å². The number of pyridine rings is 1. The van der Waals surface area contributed by atoms with E-state index in [1.807, 2.05) is 49.5 Å². The summed E-state index contributed by atoms with van der Waals surface area (Å²) in [5.74, 6) is 0.00370. The van der Waals surface area contributed by atoms with Crippen LogP contribution >= 0.6 is 0 Å². The third-order valence-electron chi connectivity index (χ3n) is 5.73. The first-order valence-corrected chi connectivity index (χ1v) is 12.9. The highest BCUT2D eigenvalue weighted by Gasteiger charge is 2.18. The largest absolute Gasteiger partial charge is 1.00 e. The Morgan fingerprint density at radius 3 is 2.31 bits per heavy atom. The molecule has 0 aliphatic carbocycles. The van der Waals surface area contributed by atoms with Crippen molar-refractivity contribution in [1.29, 1.82) is 0 Å². The predicted molar refractivity (Wildman–Crippen MR) is 144 cm³/mol. The van der Waals surface area contributed by atoms with Crippen molar-refractivity contribution in [3.63, 3.8) is 0 Å². The molecule has 0 aliphatic heterocycles. The molecule has 3 aromatic carbocycles. The molecule has 190 valence electrons. The number of unbranched alkanes of at least 4 members (excludes halogenated alkanes) is 1. The van der Waals surface area contributed by atoms with Crippen molar-refractivity contribution >= 4 is 60.5 Å². The molecule has 4 rings (SSSR count). The number of hydrogen-bond acceptors (Lipinski definition) is 5. The minimum Gasteiger partial charge on any atom is -1.00 e. The van der Waals surface area contributed by atoms with Crippen molar-refractivity contribution in [3.05, 3.63) is 66.7 Å². The molecule has 0 atom stereocenters. The molecule has 0 aliphatic rings. The van der Waals surface area contributed by atoms with Crippen LogP contribution in [0.4, 0.5) is 22.7 Å². The van der Waals surface area contributed by atoms with E-state index in [2.05, 4.69) is 31.7 Å². The lowest BCUT2D eigenvalue weighted by molar-refractivity contribution is -0.617. The van der Waals surface area contributed by atoms with E-state index < -0.39 is 10.0 Å². The summed E-state index contributed by atoms with van der Waals surface area (Å²) in [4.78, 5) is 3.86. The number of nitrogens with zero attached hydrogens (tertiary/aromatic N) is 2. The molecule has 0 saturated heterocycles. The molecule has 0 radical (unpaired) electrons. The van der Waals surface area contributed by atoms with E-state index in [1.165, 1.54) is 0 Å². The molecule has 1 heterocycles. The first-order chi connectivity index (χ1) is 16.7. The number of aryl methyl sites for hydroxylation is 1. The fourth-order valence-electron chi connectivity index (χ4n) is 4.03. The highest BCUT2D eigenvalue weighted by Crippen LogP contribution is 2.33. The van der Waals surface area contributed by atoms with Gasteiger partial charge in [0.15, 0.2) is 5.96 Å². The summed E-state index contributed by atoms with van der Waals surface area (Å²) in [6.45, 7) is 0.408. The van der Waals surface area contributed by atoms with Crippen LogP contribution in [0.25, 0.3) is 21.8 Å². The summed E-state index contributed by atoms with van der Waals surface area (Å²) in [5.41, 5.74) is 21.7. The van der Waals surface area contributed by atoms with E-state index in [-0.39, 0.29) is 28.7 Å². The first kappa shape index (κ1) is 27.0. The molecule has 0 saturated carbocycles. The van der Waals surface area contributed by atoms with Gasteiger partial charge in [0.05, 0.1) is 22.2 Å². The van der Waals surface area contributed by atoms with Crippen LogP contribution in [0, 0.1) is 0 Å². The zero-order chi connectivity index (χ0) is 25.0. The van der Waals surface area contributed by atoms with Gasteiger partial charge in [-0.15, -0.1) is 0 Å². The van der Waals surface area contributed by atoms with Crippen LogP contribution in [0.2, 0.25) is 0 Å². The Hall–Kier alpha value is -3.57. The van der Waals surface area contributed by atoms with Crippen LogP contribution in [0.3, 0.4) is 0 Å². The van der Waals surface area contributed by atoms with E-state index in [4.69, 9.17) is 17.2 Å². The number of nitrogen functional groups attached to an aromatic ring is 1. The number of fused-ring (bicyclic) bond motifs is 2. The average Bonchev–Trinajstić information content (AvgIpc) is 2.82. The Morgan fingerprint density at radius 1 is 0.917 bits per heavy atom. The second-order valence-electron chi connectivity index (χ2n) is 8.36. The topological polar surface area (TPSA) is 152 Å². The van der Waals surface area contributed by atoms with E-state index in [0.29, 0.717) is 30.8 Å². The molecule has 8 N–H and O–H groups in total. The van der Waals surface area contributed by atoms with Crippen LogP contribution in [-0.2, 0) is 17.1 Å². The van der Waals surface area contributed by atoms with Crippen LogP contribution in [-0.4, -0.2) is 26.7 Å². The van der Waals surface area contributed by atoms with E-state index >= 15 is 0 Å². The normalized spacial score (nSPS) is 11.1. The SMILES string of the molecule is C[n+]1c2ccccc2c(Nc2ccc(NS(=O)(=O)CCCCN=C(N)N)cc2)c2ccc(N)cc21.[Br-]. The fraction of sp³-hybridized carbons (Fsp3) is 0.200. The number of nitrogens with two attached hydrogens (primary N) is 3. The maximum absolute atomic E-state index is 12.4. The molecule has 11 heteroatoms. The number of halogens is 1. The van der Waals surface area contributed by atoms with Crippen molar-refractivity contribution in [1.82, 2.24) is 0 Å². The number of hydrogen-bond donors (Lipinski definition) is 5. The maximum atomic E-state index is 12.4. The van der Waals surface area contributed by atoms with Gasteiger partial charge >= 0.3 is 0 Å². The number of anilines is 4. The quantitative estimate of drug-likeness (QED) is 0.0474. The van der Waals surface area contributed by atoms with Gasteiger partial charge in [0.2, 0.25) is 21.1 Å². The van der Waals surface area contributed by atoms with Gasteiger partial charge in [0.25, 0.3) is 0 Å². The number of guanidine groups is 1. The fourth-order valence-corrected chi connectivity index (χ4v) is 5.21. The average molecular weight is 573 g/mol.